The van der Waals surface area contributed by atoms with Crippen molar-refractivity contribution in [2.45, 2.75) is 13.0 Å². The monoisotopic (exact) mass is 404 g/mol. The lowest BCUT2D eigenvalue weighted by Gasteiger charge is -2.23. The number of rotatable bonds is 8. The number of likely N-dealkylation sites (N-methyl/N-ethyl adjacent to an activating group) is 1. The molecule has 0 radical (unpaired) electrons. The van der Waals surface area contributed by atoms with Gasteiger partial charge in [0.15, 0.2) is 0 Å². The SMILES string of the molecule is COc1ccc([N+](=O)[O-])cc1NC(=O)[C@@H](C)N(C)CC(=O)Nc1cccc(F)c1. The largest absolute Gasteiger partial charge is 0.495 e. The summed E-state index contributed by atoms with van der Waals surface area (Å²) in [5.41, 5.74) is 0.259. The van der Waals surface area contributed by atoms with Gasteiger partial charge in [0.05, 0.1) is 30.3 Å². The van der Waals surface area contributed by atoms with Gasteiger partial charge in [0, 0.05) is 17.8 Å². The molecule has 2 aromatic rings. The Hall–Kier alpha value is -3.53. The Labute approximate surface area is 166 Å². The lowest BCUT2D eigenvalue weighted by Crippen LogP contribution is -2.43. The van der Waals surface area contributed by atoms with Gasteiger partial charge >= 0.3 is 0 Å². The van der Waals surface area contributed by atoms with Gasteiger partial charge in [-0.3, -0.25) is 24.6 Å². The number of non-ortho nitro benzene ring substituents is 1. The topological polar surface area (TPSA) is 114 Å². The fraction of sp³-hybridized carbons (Fsp3) is 0.263. The minimum atomic E-state index is -0.739. The van der Waals surface area contributed by atoms with Crippen LogP contribution in [0.25, 0.3) is 0 Å². The summed E-state index contributed by atoms with van der Waals surface area (Å²) in [6, 6.07) is 8.56. The zero-order valence-electron chi connectivity index (χ0n) is 16.1. The average molecular weight is 404 g/mol. The molecule has 2 rings (SSSR count). The predicted molar refractivity (Wildman–Crippen MR) is 105 cm³/mol. The number of ether oxygens (including phenoxy) is 1. The van der Waals surface area contributed by atoms with E-state index in [9.17, 15) is 24.1 Å². The van der Waals surface area contributed by atoms with Gasteiger partial charge in [-0.05, 0) is 38.2 Å². The van der Waals surface area contributed by atoms with Crippen molar-refractivity contribution in [2.75, 3.05) is 31.3 Å². The van der Waals surface area contributed by atoms with Gasteiger partial charge < -0.3 is 15.4 Å². The molecule has 10 heteroatoms. The minimum Gasteiger partial charge on any atom is -0.495 e. The molecule has 0 aliphatic heterocycles. The number of methoxy groups -OCH3 is 1. The number of nitro benzene ring substituents is 1. The molecule has 2 amide bonds. The summed E-state index contributed by atoms with van der Waals surface area (Å²) in [7, 11) is 2.95. The number of hydrogen-bond donors (Lipinski definition) is 2. The van der Waals surface area contributed by atoms with Crippen LogP contribution in [0.15, 0.2) is 42.5 Å². The summed E-state index contributed by atoms with van der Waals surface area (Å²) in [5.74, 6) is -1.12. The van der Waals surface area contributed by atoms with E-state index in [1.807, 2.05) is 0 Å². The predicted octanol–water partition coefficient (Wildman–Crippen LogP) is 2.64. The molecule has 1 atom stereocenters. The van der Waals surface area contributed by atoms with E-state index in [0.717, 1.165) is 0 Å². The Morgan fingerprint density at radius 2 is 1.97 bits per heavy atom. The fourth-order valence-corrected chi connectivity index (χ4v) is 2.47. The second-order valence-corrected chi connectivity index (χ2v) is 6.28. The van der Waals surface area contributed by atoms with Crippen LogP contribution in [0.5, 0.6) is 5.75 Å². The summed E-state index contributed by atoms with van der Waals surface area (Å²) < 4.78 is 18.3. The molecule has 0 aliphatic rings. The molecule has 2 N–H and O–H groups in total. The Morgan fingerprint density at radius 3 is 2.59 bits per heavy atom. The second kappa shape index (κ2) is 9.60. The van der Waals surface area contributed by atoms with E-state index in [0.29, 0.717) is 5.69 Å². The first-order chi connectivity index (χ1) is 13.7. The van der Waals surface area contributed by atoms with Crippen molar-refractivity contribution >= 4 is 28.9 Å². The molecule has 0 aliphatic carbocycles. The van der Waals surface area contributed by atoms with Crippen LogP contribution >= 0.6 is 0 Å². The highest BCUT2D eigenvalue weighted by Gasteiger charge is 2.22. The summed E-state index contributed by atoms with van der Waals surface area (Å²) in [4.78, 5) is 36.5. The number of hydrogen-bond acceptors (Lipinski definition) is 6. The molecule has 0 fully saturated rings. The highest BCUT2D eigenvalue weighted by Crippen LogP contribution is 2.29. The molecule has 9 nitrogen and oxygen atoms in total. The van der Waals surface area contributed by atoms with E-state index >= 15 is 0 Å². The zero-order valence-corrected chi connectivity index (χ0v) is 16.1. The molecule has 29 heavy (non-hydrogen) atoms. The summed E-state index contributed by atoms with van der Waals surface area (Å²) in [6.07, 6.45) is 0. The maximum absolute atomic E-state index is 13.2. The van der Waals surface area contributed by atoms with E-state index in [1.165, 1.54) is 48.4 Å². The Balaban J connectivity index is 2.01. The van der Waals surface area contributed by atoms with Gasteiger partial charge in [0.25, 0.3) is 5.69 Å². The van der Waals surface area contributed by atoms with E-state index in [1.54, 1.807) is 20.0 Å². The lowest BCUT2D eigenvalue weighted by atomic mass is 10.2. The standard InChI is InChI=1S/C19H21FN4O5/c1-12(23(2)11-18(25)21-14-6-4-5-13(20)9-14)19(26)22-16-10-15(24(27)28)7-8-17(16)29-3/h4-10,12H,11H2,1-3H3,(H,21,25)(H,22,26)/t12-/m1/s1. The van der Waals surface area contributed by atoms with Gasteiger partial charge in [-0.25, -0.2) is 4.39 Å². The van der Waals surface area contributed by atoms with Gasteiger partial charge in [-0.2, -0.15) is 0 Å². The summed E-state index contributed by atoms with van der Waals surface area (Å²) in [5, 5.41) is 16.1. The molecule has 0 spiro atoms. The zero-order chi connectivity index (χ0) is 21.6. The third-order valence-electron chi connectivity index (χ3n) is 4.19. The van der Waals surface area contributed by atoms with Gasteiger partial charge in [0.2, 0.25) is 11.8 Å². The van der Waals surface area contributed by atoms with Crippen molar-refractivity contribution in [2.24, 2.45) is 0 Å². The van der Waals surface area contributed by atoms with E-state index in [2.05, 4.69) is 10.6 Å². The van der Waals surface area contributed by atoms with E-state index < -0.39 is 28.6 Å². The number of anilines is 2. The van der Waals surface area contributed by atoms with Crippen molar-refractivity contribution in [3.63, 3.8) is 0 Å². The van der Waals surface area contributed by atoms with Crippen molar-refractivity contribution in [1.82, 2.24) is 4.90 Å². The van der Waals surface area contributed by atoms with Gasteiger partial charge in [-0.1, -0.05) is 6.07 Å². The second-order valence-electron chi connectivity index (χ2n) is 6.28. The van der Waals surface area contributed by atoms with Crippen LogP contribution < -0.4 is 15.4 Å². The molecule has 0 saturated heterocycles. The maximum Gasteiger partial charge on any atom is 0.271 e. The Bertz CT molecular complexity index is 921. The smallest absolute Gasteiger partial charge is 0.271 e. The molecular formula is C19H21FN4O5. The first kappa shape index (κ1) is 21.8. The van der Waals surface area contributed by atoms with Crippen molar-refractivity contribution < 1.29 is 23.6 Å². The number of nitrogens with zero attached hydrogens (tertiary/aromatic N) is 2. The number of benzene rings is 2. The highest BCUT2D eigenvalue weighted by molar-refractivity contribution is 5.97. The van der Waals surface area contributed by atoms with Gasteiger partial charge in [-0.15, -0.1) is 0 Å². The molecule has 0 saturated carbocycles. The molecule has 0 bridgehead atoms. The number of carbonyl (C=O) groups is 2. The fourth-order valence-electron chi connectivity index (χ4n) is 2.47. The normalized spacial score (nSPS) is 11.6. The molecule has 0 unspecified atom stereocenters. The van der Waals surface area contributed by atoms with Crippen molar-refractivity contribution in [3.05, 3.63) is 58.4 Å². The lowest BCUT2D eigenvalue weighted by molar-refractivity contribution is -0.384. The summed E-state index contributed by atoms with van der Waals surface area (Å²) >= 11 is 0. The third-order valence-corrected chi connectivity index (χ3v) is 4.19. The first-order valence-corrected chi connectivity index (χ1v) is 8.60. The van der Waals surface area contributed by atoms with Crippen LogP contribution in [0.2, 0.25) is 0 Å². The quantitative estimate of drug-likeness (QED) is 0.516. The number of amides is 2. The molecule has 0 heterocycles. The van der Waals surface area contributed by atoms with Crippen molar-refractivity contribution in [3.8, 4) is 5.75 Å². The Kier molecular flexibility index (Phi) is 7.21. The van der Waals surface area contributed by atoms with Crippen LogP contribution in [0.1, 0.15) is 6.92 Å². The average Bonchev–Trinajstić information content (AvgIpc) is 2.66. The van der Waals surface area contributed by atoms with Crippen LogP contribution in [-0.4, -0.2) is 48.4 Å². The minimum absolute atomic E-state index is 0.128. The molecule has 0 aromatic heterocycles. The number of nitrogens with one attached hydrogen (secondary N) is 2. The van der Waals surface area contributed by atoms with Crippen LogP contribution in [0, 0.1) is 15.9 Å². The maximum atomic E-state index is 13.2. The molecular weight excluding hydrogens is 383 g/mol. The number of nitro groups is 1. The van der Waals surface area contributed by atoms with E-state index in [-0.39, 0.29) is 23.7 Å². The highest BCUT2D eigenvalue weighted by atomic mass is 19.1. The third kappa shape index (κ3) is 5.98. The van der Waals surface area contributed by atoms with E-state index in [4.69, 9.17) is 4.74 Å². The van der Waals surface area contributed by atoms with Crippen LogP contribution in [-0.2, 0) is 9.59 Å². The number of carbonyl (C=O) groups excluding carboxylic acids is 2. The van der Waals surface area contributed by atoms with Crippen molar-refractivity contribution in [1.29, 1.82) is 0 Å². The summed E-state index contributed by atoms with van der Waals surface area (Å²) in [6.45, 7) is 1.45. The first-order valence-electron chi connectivity index (χ1n) is 8.60. The Morgan fingerprint density at radius 1 is 1.24 bits per heavy atom. The molecule has 2 aromatic carbocycles. The van der Waals surface area contributed by atoms with Crippen LogP contribution in [0.4, 0.5) is 21.5 Å². The van der Waals surface area contributed by atoms with Crippen LogP contribution in [0.3, 0.4) is 0 Å². The molecule has 154 valence electrons. The number of halogens is 1. The van der Waals surface area contributed by atoms with Gasteiger partial charge in [0.1, 0.15) is 11.6 Å².